The fourth-order valence-corrected chi connectivity index (χ4v) is 2.55. The van der Waals surface area contributed by atoms with E-state index in [0.717, 1.165) is 34.9 Å². The molecule has 0 aliphatic heterocycles. The maximum Gasteiger partial charge on any atom is 0.0439 e. The maximum atomic E-state index is 6.24. The van der Waals surface area contributed by atoms with Crippen LogP contribution < -0.4 is 0 Å². The lowest BCUT2D eigenvalue weighted by Crippen LogP contribution is -2.05. The smallest absolute Gasteiger partial charge is 0.0439 e. The van der Waals surface area contributed by atoms with E-state index in [4.69, 9.17) is 34.8 Å². The number of hydrogen-bond donors (Lipinski definition) is 0. The van der Waals surface area contributed by atoms with Crippen molar-refractivity contribution in [3.63, 3.8) is 0 Å². The average Bonchev–Trinajstić information content (AvgIpc) is 2.18. The Kier molecular flexibility index (Phi) is 5.96. The van der Waals surface area contributed by atoms with E-state index in [9.17, 15) is 0 Å². The zero-order valence-electron chi connectivity index (χ0n) is 9.64. The lowest BCUT2D eigenvalue weighted by Gasteiger charge is -2.12. The van der Waals surface area contributed by atoms with Crippen LogP contribution in [-0.4, -0.2) is 5.38 Å². The first kappa shape index (κ1) is 14.2. The highest BCUT2D eigenvalue weighted by Gasteiger charge is 2.09. The Morgan fingerprint density at radius 3 is 2.50 bits per heavy atom. The summed E-state index contributed by atoms with van der Waals surface area (Å²) >= 11 is 18.3. The molecule has 0 radical (unpaired) electrons. The summed E-state index contributed by atoms with van der Waals surface area (Å²) in [4.78, 5) is 0. The quantitative estimate of drug-likeness (QED) is 0.617. The third kappa shape index (κ3) is 4.95. The second kappa shape index (κ2) is 6.74. The van der Waals surface area contributed by atoms with E-state index in [2.05, 4.69) is 13.8 Å². The van der Waals surface area contributed by atoms with Crippen LogP contribution in [0.3, 0.4) is 0 Å². The van der Waals surface area contributed by atoms with E-state index < -0.39 is 0 Å². The molecule has 0 bridgehead atoms. The molecule has 0 saturated carbocycles. The largest absolute Gasteiger partial charge is 0.123 e. The molecule has 90 valence electrons. The molecule has 0 saturated heterocycles. The molecule has 0 spiro atoms. The fourth-order valence-electron chi connectivity index (χ4n) is 1.68. The molecule has 0 nitrogen and oxygen atoms in total. The van der Waals surface area contributed by atoms with Crippen LogP contribution in [0.4, 0.5) is 0 Å². The van der Waals surface area contributed by atoms with Crippen LogP contribution in [0.15, 0.2) is 18.2 Å². The van der Waals surface area contributed by atoms with E-state index in [1.165, 1.54) is 0 Å². The average molecular weight is 280 g/mol. The molecule has 1 rings (SSSR count). The molecule has 16 heavy (non-hydrogen) atoms. The van der Waals surface area contributed by atoms with E-state index in [1.807, 2.05) is 12.1 Å². The third-order valence-corrected chi connectivity index (χ3v) is 3.46. The van der Waals surface area contributed by atoms with Gasteiger partial charge in [-0.15, -0.1) is 11.6 Å². The van der Waals surface area contributed by atoms with Gasteiger partial charge in [0, 0.05) is 15.4 Å². The summed E-state index contributed by atoms with van der Waals surface area (Å²) < 4.78 is 0. The Bertz CT molecular complexity index is 334. The van der Waals surface area contributed by atoms with E-state index in [-0.39, 0.29) is 5.38 Å². The minimum Gasteiger partial charge on any atom is -0.123 e. The first-order chi connectivity index (χ1) is 7.49. The minimum absolute atomic E-state index is 0.218. The van der Waals surface area contributed by atoms with E-state index >= 15 is 0 Å². The molecule has 1 atom stereocenters. The summed E-state index contributed by atoms with van der Waals surface area (Å²) in [6, 6.07) is 5.56. The zero-order valence-corrected chi connectivity index (χ0v) is 11.9. The summed E-state index contributed by atoms with van der Waals surface area (Å²) in [5.41, 5.74) is 1.09. The second-order valence-electron chi connectivity index (χ2n) is 4.50. The minimum atomic E-state index is 0.218. The summed E-state index contributed by atoms with van der Waals surface area (Å²) in [6.45, 7) is 4.36. The Hall–Kier alpha value is 0.0900. The monoisotopic (exact) mass is 278 g/mol. The highest BCUT2D eigenvalue weighted by Crippen LogP contribution is 2.24. The van der Waals surface area contributed by atoms with Crippen molar-refractivity contribution in [2.75, 3.05) is 0 Å². The predicted octanol–water partition coefficient (Wildman–Crippen LogP) is 5.58. The molecule has 3 heteroatoms. The molecule has 1 aromatic rings. The molecular formula is C13H17Cl3. The van der Waals surface area contributed by atoms with Crippen LogP contribution in [0, 0.1) is 5.92 Å². The van der Waals surface area contributed by atoms with Gasteiger partial charge in [0.15, 0.2) is 0 Å². The van der Waals surface area contributed by atoms with Gasteiger partial charge in [0.1, 0.15) is 0 Å². The normalized spacial score (nSPS) is 13.1. The number of hydrogen-bond acceptors (Lipinski definition) is 0. The Labute approximate surface area is 113 Å². The molecule has 0 aromatic heterocycles. The number of rotatable bonds is 5. The lowest BCUT2D eigenvalue weighted by molar-refractivity contribution is 0.544. The first-order valence-corrected chi connectivity index (χ1v) is 6.76. The van der Waals surface area contributed by atoms with Crippen LogP contribution in [-0.2, 0) is 6.42 Å². The van der Waals surface area contributed by atoms with Gasteiger partial charge in [-0.1, -0.05) is 37.0 Å². The summed E-state index contributed by atoms with van der Waals surface area (Å²) in [6.07, 6.45) is 2.87. The summed E-state index contributed by atoms with van der Waals surface area (Å²) in [5, 5.41) is 1.72. The molecule has 0 aliphatic rings. The predicted molar refractivity (Wildman–Crippen MR) is 73.9 cm³/mol. The summed E-state index contributed by atoms with van der Waals surface area (Å²) in [5.74, 6) is 0.636. The number of alkyl halides is 1. The van der Waals surface area contributed by atoms with Crippen molar-refractivity contribution >= 4 is 34.8 Å². The Morgan fingerprint density at radius 2 is 1.88 bits per heavy atom. The summed E-state index contributed by atoms with van der Waals surface area (Å²) in [7, 11) is 0. The van der Waals surface area contributed by atoms with Gasteiger partial charge in [-0.3, -0.25) is 0 Å². The van der Waals surface area contributed by atoms with Crippen molar-refractivity contribution in [2.45, 2.75) is 38.5 Å². The number of aryl methyl sites for hydroxylation is 1. The van der Waals surface area contributed by atoms with Crippen molar-refractivity contribution in [2.24, 2.45) is 5.92 Å². The van der Waals surface area contributed by atoms with Crippen LogP contribution >= 0.6 is 34.8 Å². The second-order valence-corrected chi connectivity index (χ2v) is 5.96. The van der Waals surface area contributed by atoms with Crippen molar-refractivity contribution in [1.82, 2.24) is 0 Å². The van der Waals surface area contributed by atoms with E-state index in [1.54, 1.807) is 6.07 Å². The van der Waals surface area contributed by atoms with Gasteiger partial charge in [0.05, 0.1) is 0 Å². The van der Waals surface area contributed by atoms with Crippen molar-refractivity contribution in [3.05, 3.63) is 33.8 Å². The lowest BCUT2D eigenvalue weighted by atomic mass is 10.0. The highest BCUT2D eigenvalue weighted by molar-refractivity contribution is 6.33. The zero-order chi connectivity index (χ0) is 12.1. The van der Waals surface area contributed by atoms with Crippen LogP contribution in [0.5, 0.6) is 0 Å². The first-order valence-electron chi connectivity index (χ1n) is 5.57. The number of benzene rings is 1. The van der Waals surface area contributed by atoms with Gasteiger partial charge < -0.3 is 0 Å². The Balaban J connectivity index is 2.51. The van der Waals surface area contributed by atoms with E-state index in [0.29, 0.717) is 5.92 Å². The molecule has 1 unspecified atom stereocenters. The molecule has 1 aromatic carbocycles. The van der Waals surface area contributed by atoms with Crippen LogP contribution in [0.1, 0.15) is 32.3 Å². The molecule has 0 aliphatic carbocycles. The molecule has 0 N–H and O–H groups in total. The van der Waals surface area contributed by atoms with Crippen LogP contribution in [0.2, 0.25) is 10.0 Å². The fraction of sp³-hybridized carbons (Fsp3) is 0.538. The molecule has 0 heterocycles. The van der Waals surface area contributed by atoms with Gasteiger partial charge in [-0.25, -0.2) is 0 Å². The topological polar surface area (TPSA) is 0 Å². The molecule has 0 fully saturated rings. The Morgan fingerprint density at radius 1 is 1.19 bits per heavy atom. The van der Waals surface area contributed by atoms with Crippen molar-refractivity contribution in [3.8, 4) is 0 Å². The van der Waals surface area contributed by atoms with Crippen molar-refractivity contribution < 1.29 is 0 Å². The third-order valence-electron chi connectivity index (χ3n) is 2.46. The van der Waals surface area contributed by atoms with Crippen molar-refractivity contribution in [1.29, 1.82) is 0 Å². The highest BCUT2D eigenvalue weighted by atomic mass is 35.5. The van der Waals surface area contributed by atoms with Gasteiger partial charge in [-0.05, 0) is 48.9 Å². The van der Waals surface area contributed by atoms with Gasteiger partial charge in [0.2, 0.25) is 0 Å². The van der Waals surface area contributed by atoms with Gasteiger partial charge in [-0.2, -0.15) is 0 Å². The van der Waals surface area contributed by atoms with Crippen LogP contribution in [0.25, 0.3) is 0 Å². The molecular weight excluding hydrogens is 263 g/mol. The van der Waals surface area contributed by atoms with Gasteiger partial charge >= 0.3 is 0 Å². The standard InChI is InChI=1S/C13H17Cl3/c1-9(2)7-11(14)4-3-10-8-12(15)5-6-13(10)16/h5-6,8-9,11H,3-4,7H2,1-2H3. The number of halogens is 3. The van der Waals surface area contributed by atoms with Gasteiger partial charge in [0.25, 0.3) is 0 Å². The molecule has 0 amide bonds. The SMILES string of the molecule is CC(C)CC(Cl)CCc1cc(Cl)ccc1Cl. The maximum absolute atomic E-state index is 6.24.